The van der Waals surface area contributed by atoms with Gasteiger partial charge in [-0.2, -0.15) is 4.72 Å². The molecule has 1 rings (SSSR count). The molecule has 7 nitrogen and oxygen atoms in total. The lowest BCUT2D eigenvalue weighted by atomic mass is 10.3. The molecule has 3 N–H and O–H groups in total. The van der Waals surface area contributed by atoms with E-state index in [-0.39, 0.29) is 10.8 Å². The Bertz CT molecular complexity index is 575. The van der Waals surface area contributed by atoms with E-state index in [2.05, 4.69) is 20.3 Å². The number of pyridine rings is 1. The Morgan fingerprint density at radius 3 is 2.71 bits per heavy atom. The minimum atomic E-state index is -3.82. The van der Waals surface area contributed by atoms with Crippen LogP contribution >= 0.6 is 0 Å². The van der Waals surface area contributed by atoms with Crippen molar-refractivity contribution >= 4 is 21.6 Å². The van der Waals surface area contributed by atoms with Gasteiger partial charge in [0.25, 0.3) is 0 Å². The van der Waals surface area contributed by atoms with Crippen LogP contribution in [0, 0.1) is 0 Å². The van der Waals surface area contributed by atoms with E-state index in [1.807, 2.05) is 13.8 Å². The molecular formula is C13H22N4O3S. The number of anilines is 1. The molecule has 0 bridgehead atoms. The lowest BCUT2D eigenvalue weighted by Gasteiger charge is -2.16. The predicted octanol–water partition coefficient (Wildman–Crippen LogP) is 0.706. The van der Waals surface area contributed by atoms with Crippen molar-refractivity contribution in [1.82, 2.24) is 15.0 Å². The molecule has 0 fully saturated rings. The highest BCUT2D eigenvalue weighted by molar-refractivity contribution is 7.89. The summed E-state index contributed by atoms with van der Waals surface area (Å²) in [6.07, 6.45) is 3.56. The van der Waals surface area contributed by atoms with Crippen LogP contribution in [0.5, 0.6) is 0 Å². The van der Waals surface area contributed by atoms with Gasteiger partial charge in [-0.25, -0.2) is 8.42 Å². The molecule has 1 amide bonds. The fraction of sp³-hybridized carbons (Fsp3) is 0.538. The van der Waals surface area contributed by atoms with Crippen LogP contribution in [0.1, 0.15) is 27.2 Å². The van der Waals surface area contributed by atoms with E-state index < -0.39 is 16.1 Å². The number of nitrogens with one attached hydrogen (secondary N) is 3. The van der Waals surface area contributed by atoms with Gasteiger partial charge in [0.1, 0.15) is 4.90 Å². The molecule has 0 aliphatic rings. The Hall–Kier alpha value is -1.67. The number of rotatable bonds is 8. The third-order valence-corrected chi connectivity index (χ3v) is 4.28. The molecular weight excluding hydrogens is 292 g/mol. The average molecular weight is 314 g/mol. The molecule has 0 saturated carbocycles. The monoisotopic (exact) mass is 314 g/mol. The second-order valence-electron chi connectivity index (χ2n) is 4.54. The van der Waals surface area contributed by atoms with Crippen molar-refractivity contribution in [3.63, 3.8) is 0 Å². The molecule has 0 saturated heterocycles. The molecule has 0 radical (unpaired) electrons. The van der Waals surface area contributed by atoms with Crippen LogP contribution in [-0.4, -0.2) is 38.4 Å². The molecule has 1 atom stereocenters. The van der Waals surface area contributed by atoms with E-state index in [0.717, 1.165) is 6.42 Å². The maximum absolute atomic E-state index is 12.3. The summed E-state index contributed by atoms with van der Waals surface area (Å²) < 4.78 is 27.1. The molecule has 0 spiro atoms. The molecule has 0 aliphatic carbocycles. The summed E-state index contributed by atoms with van der Waals surface area (Å²) in [5.41, 5.74) is 0.459. The standard InChI is InChI=1S/C13H22N4O3S/c1-4-7-16-13(18)10(3)17-21(19,20)12-9-14-8-6-11(12)15-5-2/h6,8-10,17H,4-5,7H2,1-3H3,(H,14,15)(H,16,18). The topological polar surface area (TPSA) is 100 Å². The first-order valence-corrected chi connectivity index (χ1v) is 8.38. The molecule has 118 valence electrons. The van der Waals surface area contributed by atoms with Gasteiger partial charge in [-0.15, -0.1) is 0 Å². The van der Waals surface area contributed by atoms with Gasteiger partial charge in [-0.05, 0) is 26.3 Å². The van der Waals surface area contributed by atoms with Crippen LogP contribution in [0.15, 0.2) is 23.4 Å². The highest BCUT2D eigenvalue weighted by Gasteiger charge is 2.24. The van der Waals surface area contributed by atoms with Crippen molar-refractivity contribution in [2.75, 3.05) is 18.4 Å². The van der Waals surface area contributed by atoms with E-state index in [1.165, 1.54) is 19.3 Å². The van der Waals surface area contributed by atoms with Crippen molar-refractivity contribution in [2.24, 2.45) is 0 Å². The molecule has 21 heavy (non-hydrogen) atoms. The molecule has 1 heterocycles. The van der Waals surface area contributed by atoms with Gasteiger partial charge in [0.2, 0.25) is 15.9 Å². The van der Waals surface area contributed by atoms with Crippen molar-refractivity contribution in [2.45, 2.75) is 38.1 Å². The molecule has 1 aromatic rings. The summed E-state index contributed by atoms with van der Waals surface area (Å²) in [6, 6.07) is 0.733. The highest BCUT2D eigenvalue weighted by Crippen LogP contribution is 2.19. The second-order valence-corrected chi connectivity index (χ2v) is 6.22. The minimum Gasteiger partial charge on any atom is -0.384 e. The number of aromatic nitrogens is 1. The van der Waals surface area contributed by atoms with Crippen LogP contribution < -0.4 is 15.4 Å². The van der Waals surface area contributed by atoms with E-state index >= 15 is 0 Å². The summed E-state index contributed by atoms with van der Waals surface area (Å²) in [5, 5.41) is 5.61. The minimum absolute atomic E-state index is 0.0296. The quantitative estimate of drug-likeness (QED) is 0.656. The van der Waals surface area contributed by atoms with Gasteiger partial charge in [0.05, 0.1) is 11.7 Å². The van der Waals surface area contributed by atoms with Gasteiger partial charge >= 0.3 is 0 Å². The Labute approximate surface area is 125 Å². The molecule has 0 aliphatic heterocycles. The summed E-state index contributed by atoms with van der Waals surface area (Å²) >= 11 is 0. The lowest BCUT2D eigenvalue weighted by molar-refractivity contribution is -0.122. The molecule has 0 aromatic carbocycles. The maximum Gasteiger partial charge on any atom is 0.244 e. The van der Waals surface area contributed by atoms with Gasteiger partial charge < -0.3 is 10.6 Å². The van der Waals surface area contributed by atoms with Crippen LogP contribution in [-0.2, 0) is 14.8 Å². The zero-order valence-corrected chi connectivity index (χ0v) is 13.3. The Morgan fingerprint density at radius 1 is 1.38 bits per heavy atom. The van der Waals surface area contributed by atoms with Crippen LogP contribution in [0.25, 0.3) is 0 Å². The smallest absolute Gasteiger partial charge is 0.244 e. The zero-order valence-electron chi connectivity index (χ0n) is 12.5. The van der Waals surface area contributed by atoms with Crippen LogP contribution in [0.3, 0.4) is 0 Å². The average Bonchev–Trinajstić information content (AvgIpc) is 2.45. The summed E-state index contributed by atoms with van der Waals surface area (Å²) in [5.74, 6) is -0.352. The predicted molar refractivity (Wildman–Crippen MR) is 81.5 cm³/mol. The number of carbonyl (C=O) groups excluding carboxylic acids is 1. The highest BCUT2D eigenvalue weighted by atomic mass is 32.2. The first-order chi connectivity index (χ1) is 9.92. The van der Waals surface area contributed by atoms with Crippen molar-refractivity contribution in [3.05, 3.63) is 18.5 Å². The van der Waals surface area contributed by atoms with Crippen molar-refractivity contribution in [3.8, 4) is 0 Å². The van der Waals surface area contributed by atoms with Crippen molar-refractivity contribution < 1.29 is 13.2 Å². The normalized spacial score (nSPS) is 12.7. The summed E-state index contributed by atoms with van der Waals surface area (Å²) in [6.45, 7) is 6.39. The number of sulfonamides is 1. The van der Waals surface area contributed by atoms with Gasteiger partial charge in [-0.3, -0.25) is 9.78 Å². The van der Waals surface area contributed by atoms with Crippen LogP contribution in [0.4, 0.5) is 5.69 Å². The third-order valence-electron chi connectivity index (χ3n) is 2.72. The lowest BCUT2D eigenvalue weighted by Crippen LogP contribution is -2.45. The number of carbonyl (C=O) groups is 1. The fourth-order valence-electron chi connectivity index (χ4n) is 1.68. The molecule has 1 aromatic heterocycles. The zero-order chi connectivity index (χ0) is 15.9. The number of amides is 1. The van der Waals surface area contributed by atoms with Gasteiger partial charge in [0, 0.05) is 25.5 Å². The SMILES string of the molecule is CCCNC(=O)C(C)NS(=O)(=O)c1cnccc1NCC. The van der Waals surface area contributed by atoms with Crippen molar-refractivity contribution in [1.29, 1.82) is 0 Å². The summed E-state index contributed by atoms with van der Waals surface area (Å²) in [7, 11) is -3.82. The number of nitrogens with zero attached hydrogens (tertiary/aromatic N) is 1. The Balaban J connectivity index is 2.89. The molecule has 1 unspecified atom stereocenters. The summed E-state index contributed by atoms with van der Waals surface area (Å²) in [4.78, 5) is 15.6. The Morgan fingerprint density at radius 2 is 2.10 bits per heavy atom. The van der Waals surface area contributed by atoms with Gasteiger partial charge in [-0.1, -0.05) is 6.92 Å². The largest absolute Gasteiger partial charge is 0.384 e. The molecule has 8 heteroatoms. The van der Waals surface area contributed by atoms with E-state index in [4.69, 9.17) is 0 Å². The third kappa shape index (κ3) is 4.98. The number of hydrogen-bond donors (Lipinski definition) is 3. The van der Waals surface area contributed by atoms with E-state index in [1.54, 1.807) is 6.07 Å². The maximum atomic E-state index is 12.3. The first-order valence-electron chi connectivity index (χ1n) is 6.90. The van der Waals surface area contributed by atoms with E-state index in [9.17, 15) is 13.2 Å². The Kier molecular flexibility index (Phi) is 6.57. The fourth-order valence-corrected chi connectivity index (χ4v) is 3.01. The number of hydrogen-bond acceptors (Lipinski definition) is 5. The van der Waals surface area contributed by atoms with Gasteiger partial charge in [0.15, 0.2) is 0 Å². The van der Waals surface area contributed by atoms with Crippen LogP contribution in [0.2, 0.25) is 0 Å². The van der Waals surface area contributed by atoms with E-state index in [0.29, 0.717) is 18.8 Å². The second kappa shape index (κ2) is 7.94. The first kappa shape index (κ1) is 17.4.